The Balaban J connectivity index is 1.88. The van der Waals surface area contributed by atoms with Crippen LogP contribution in [-0.2, 0) is 9.53 Å². The monoisotopic (exact) mass is 408 g/mol. The van der Waals surface area contributed by atoms with Gasteiger partial charge in [0.25, 0.3) is 11.8 Å². The molecule has 0 atom stereocenters. The van der Waals surface area contributed by atoms with Gasteiger partial charge in [-0.05, 0) is 36.4 Å². The molecule has 10 heteroatoms. The van der Waals surface area contributed by atoms with E-state index >= 15 is 0 Å². The predicted octanol–water partition coefficient (Wildman–Crippen LogP) is 1.81. The van der Waals surface area contributed by atoms with Crippen molar-refractivity contribution in [2.24, 2.45) is 0 Å². The smallest absolute Gasteiger partial charge is 0.387 e. The average Bonchev–Trinajstić information content (AvgIpc) is 2.70. The molecule has 2 rings (SSSR count). The quantitative estimate of drug-likeness (QED) is 0.542. The maximum absolute atomic E-state index is 12.1. The summed E-state index contributed by atoms with van der Waals surface area (Å²) < 4.78 is 33.3. The summed E-state index contributed by atoms with van der Waals surface area (Å²) in [7, 11) is 0. The first kappa shape index (κ1) is 21.8. The topological polar surface area (TPSA) is 114 Å². The number of ether oxygens (including phenoxy) is 2. The lowest BCUT2D eigenvalue weighted by Gasteiger charge is -2.11. The molecule has 0 aliphatic heterocycles. The molecule has 0 spiro atoms. The van der Waals surface area contributed by atoms with Gasteiger partial charge in [-0.15, -0.1) is 0 Å². The van der Waals surface area contributed by atoms with Crippen LogP contribution in [0.3, 0.4) is 0 Å². The first-order valence-electron chi connectivity index (χ1n) is 8.40. The minimum Gasteiger partial charge on any atom is -0.452 e. The van der Waals surface area contributed by atoms with Gasteiger partial charge >= 0.3 is 12.6 Å². The summed E-state index contributed by atoms with van der Waals surface area (Å²) in [6.45, 7) is -3.61. The largest absolute Gasteiger partial charge is 0.452 e. The Labute approximate surface area is 164 Å². The van der Waals surface area contributed by atoms with Crippen LogP contribution in [0.15, 0.2) is 48.5 Å². The van der Waals surface area contributed by atoms with Crippen LogP contribution in [0.5, 0.6) is 5.75 Å². The number of benzene rings is 2. The number of esters is 1. The number of hydrogen-bond donors (Lipinski definition) is 3. The second-order valence-corrected chi connectivity index (χ2v) is 5.55. The molecule has 2 amide bonds. The molecule has 0 aromatic heterocycles. The summed E-state index contributed by atoms with van der Waals surface area (Å²) in [5.74, 6) is -2.58. The van der Waals surface area contributed by atoms with Gasteiger partial charge in [-0.3, -0.25) is 14.9 Å². The second-order valence-electron chi connectivity index (χ2n) is 5.55. The maximum atomic E-state index is 12.1. The van der Waals surface area contributed by atoms with E-state index in [2.05, 4.69) is 10.1 Å². The molecule has 2 aromatic rings. The highest BCUT2D eigenvalue weighted by Crippen LogP contribution is 2.16. The normalized spacial score (nSPS) is 10.3. The van der Waals surface area contributed by atoms with E-state index in [4.69, 9.17) is 9.84 Å². The van der Waals surface area contributed by atoms with Gasteiger partial charge in [-0.25, -0.2) is 4.79 Å². The molecule has 0 bridgehead atoms. The molecule has 2 aromatic carbocycles. The van der Waals surface area contributed by atoms with Gasteiger partial charge in [-0.2, -0.15) is 8.78 Å². The van der Waals surface area contributed by atoms with Crippen molar-refractivity contribution < 1.29 is 37.7 Å². The van der Waals surface area contributed by atoms with Gasteiger partial charge in [-0.1, -0.05) is 12.1 Å². The lowest BCUT2D eigenvalue weighted by Crippen LogP contribution is -2.34. The summed E-state index contributed by atoms with van der Waals surface area (Å²) in [5, 5.41) is 13.7. The number of aliphatic hydroxyl groups is 1. The Morgan fingerprint density at radius 2 is 1.72 bits per heavy atom. The lowest BCUT2D eigenvalue weighted by molar-refractivity contribution is -0.123. The van der Waals surface area contributed by atoms with Gasteiger partial charge < -0.3 is 19.9 Å². The minimum absolute atomic E-state index is 0.0323. The summed E-state index contributed by atoms with van der Waals surface area (Å²) in [4.78, 5) is 36.0. The van der Waals surface area contributed by atoms with Crippen LogP contribution in [0, 0.1) is 0 Å². The number of anilines is 1. The van der Waals surface area contributed by atoms with E-state index in [9.17, 15) is 23.2 Å². The average molecular weight is 408 g/mol. The number of para-hydroxylation sites is 1. The number of rotatable bonds is 9. The summed E-state index contributed by atoms with van der Waals surface area (Å²) in [5.41, 5.74) is 0.619. The fourth-order valence-electron chi connectivity index (χ4n) is 2.24. The molecule has 0 unspecified atom stereocenters. The zero-order valence-corrected chi connectivity index (χ0v) is 15.1. The molecular formula is C19H18F2N2O6. The number of carbonyl (C=O) groups excluding carboxylic acids is 3. The van der Waals surface area contributed by atoms with Gasteiger partial charge in [0.05, 0.1) is 12.2 Å². The third-order valence-corrected chi connectivity index (χ3v) is 3.50. The van der Waals surface area contributed by atoms with Crippen LogP contribution in [0.1, 0.15) is 20.7 Å². The first-order valence-corrected chi connectivity index (χ1v) is 8.40. The molecule has 0 heterocycles. The Morgan fingerprint density at radius 3 is 2.38 bits per heavy atom. The van der Waals surface area contributed by atoms with Crippen molar-refractivity contribution in [2.75, 3.05) is 25.1 Å². The van der Waals surface area contributed by atoms with Crippen LogP contribution in [0.2, 0.25) is 0 Å². The van der Waals surface area contributed by atoms with Crippen molar-refractivity contribution in [3.63, 3.8) is 0 Å². The van der Waals surface area contributed by atoms with Crippen molar-refractivity contribution in [2.45, 2.75) is 6.61 Å². The molecule has 0 aliphatic rings. The van der Waals surface area contributed by atoms with Crippen LogP contribution in [0.4, 0.5) is 14.5 Å². The van der Waals surface area contributed by atoms with E-state index in [-0.39, 0.29) is 30.0 Å². The Kier molecular flexibility index (Phi) is 8.04. The minimum atomic E-state index is -2.99. The molecule has 0 aliphatic carbocycles. The van der Waals surface area contributed by atoms with Crippen LogP contribution < -0.4 is 15.4 Å². The Morgan fingerprint density at radius 1 is 1.03 bits per heavy atom. The van der Waals surface area contributed by atoms with E-state index in [1.807, 2.05) is 5.32 Å². The third kappa shape index (κ3) is 6.85. The fraction of sp³-hybridized carbons (Fsp3) is 0.211. The van der Waals surface area contributed by atoms with Crippen LogP contribution in [-0.4, -0.2) is 49.3 Å². The van der Waals surface area contributed by atoms with Gasteiger partial charge in [0, 0.05) is 17.8 Å². The number of alkyl halides is 2. The van der Waals surface area contributed by atoms with Gasteiger partial charge in [0.15, 0.2) is 6.61 Å². The molecule has 0 saturated carbocycles. The van der Waals surface area contributed by atoms with Crippen molar-refractivity contribution in [1.29, 1.82) is 0 Å². The summed E-state index contributed by atoms with van der Waals surface area (Å²) in [6, 6.07) is 11.1. The van der Waals surface area contributed by atoms with Gasteiger partial charge in [0.1, 0.15) is 5.75 Å². The van der Waals surface area contributed by atoms with Crippen molar-refractivity contribution in [3.8, 4) is 5.75 Å². The van der Waals surface area contributed by atoms with E-state index < -0.39 is 31.0 Å². The first-order chi connectivity index (χ1) is 13.9. The highest BCUT2D eigenvalue weighted by Gasteiger charge is 2.16. The molecule has 0 radical (unpaired) electrons. The number of imide groups is 1. The molecule has 0 saturated heterocycles. The molecule has 29 heavy (non-hydrogen) atoms. The highest BCUT2D eigenvalue weighted by atomic mass is 19.3. The number of carbonyl (C=O) groups is 3. The van der Waals surface area contributed by atoms with Crippen molar-refractivity contribution in [1.82, 2.24) is 5.32 Å². The Hall–Kier alpha value is -3.53. The number of hydrogen-bond acceptors (Lipinski definition) is 7. The van der Waals surface area contributed by atoms with Gasteiger partial charge in [0.2, 0.25) is 0 Å². The zero-order valence-electron chi connectivity index (χ0n) is 15.1. The summed E-state index contributed by atoms with van der Waals surface area (Å²) in [6.07, 6.45) is 0. The maximum Gasteiger partial charge on any atom is 0.387 e. The van der Waals surface area contributed by atoms with Crippen molar-refractivity contribution in [3.05, 3.63) is 59.7 Å². The zero-order chi connectivity index (χ0) is 21.2. The van der Waals surface area contributed by atoms with Crippen molar-refractivity contribution >= 4 is 23.5 Å². The second kappa shape index (κ2) is 10.7. The van der Waals surface area contributed by atoms with E-state index in [1.54, 1.807) is 18.2 Å². The number of aliphatic hydroxyl groups excluding tert-OH is 1. The number of amides is 2. The number of halogens is 2. The SMILES string of the molecule is O=C(COC(=O)c1ccccc1NCCO)NC(=O)c1ccc(OC(F)F)cc1. The molecule has 3 N–H and O–H groups in total. The Bertz CT molecular complexity index is 858. The van der Waals surface area contributed by atoms with E-state index in [0.717, 1.165) is 12.1 Å². The molecule has 0 fully saturated rings. The molecule has 8 nitrogen and oxygen atoms in total. The third-order valence-electron chi connectivity index (χ3n) is 3.50. The fourth-order valence-corrected chi connectivity index (χ4v) is 2.24. The standard InChI is InChI=1S/C19H18F2N2O6/c20-19(21)29-13-7-5-12(6-8-13)17(26)23-16(25)11-28-18(27)14-3-1-2-4-15(14)22-9-10-24/h1-8,19,22,24H,9-11H2,(H,23,25,26). The molecular weight excluding hydrogens is 390 g/mol. The van der Waals surface area contributed by atoms with E-state index in [0.29, 0.717) is 5.69 Å². The highest BCUT2D eigenvalue weighted by molar-refractivity contribution is 6.05. The van der Waals surface area contributed by atoms with Crippen LogP contribution in [0.25, 0.3) is 0 Å². The lowest BCUT2D eigenvalue weighted by atomic mass is 10.2. The van der Waals surface area contributed by atoms with Crippen LogP contribution >= 0.6 is 0 Å². The number of nitrogens with one attached hydrogen (secondary N) is 2. The predicted molar refractivity (Wildman–Crippen MR) is 97.8 cm³/mol. The van der Waals surface area contributed by atoms with E-state index in [1.165, 1.54) is 18.2 Å². The molecule has 154 valence electrons. The summed E-state index contributed by atoms with van der Waals surface area (Å²) >= 11 is 0.